The van der Waals surface area contributed by atoms with E-state index >= 15 is 0 Å². The van der Waals surface area contributed by atoms with Gasteiger partial charge in [0.1, 0.15) is 5.69 Å². The number of anilines is 1. The minimum Gasteiger partial charge on any atom is -0.465 e. The lowest BCUT2D eigenvalue weighted by molar-refractivity contribution is 0.0599. The first-order chi connectivity index (χ1) is 13.9. The van der Waals surface area contributed by atoms with Gasteiger partial charge in [-0.3, -0.25) is 9.59 Å². The lowest BCUT2D eigenvalue weighted by Gasteiger charge is -2.08. The van der Waals surface area contributed by atoms with E-state index in [0.29, 0.717) is 41.2 Å². The summed E-state index contributed by atoms with van der Waals surface area (Å²) in [5, 5.41) is 2.83. The van der Waals surface area contributed by atoms with Crippen molar-refractivity contribution in [2.45, 2.75) is 26.8 Å². The molecule has 0 spiro atoms. The maximum Gasteiger partial charge on any atom is 0.339 e. The Bertz CT molecular complexity index is 1090. The first kappa shape index (κ1) is 20.1. The van der Waals surface area contributed by atoms with Crippen LogP contribution in [0.1, 0.15) is 44.6 Å². The normalized spacial score (nSPS) is 10.6. The molecule has 7 nitrogen and oxygen atoms in total. The van der Waals surface area contributed by atoms with Crippen LogP contribution in [0.15, 0.2) is 53.5 Å². The molecule has 2 heterocycles. The largest absolute Gasteiger partial charge is 0.465 e. The van der Waals surface area contributed by atoms with Crippen LogP contribution < -0.4 is 10.9 Å². The number of hydrogen-bond acceptors (Lipinski definition) is 4. The van der Waals surface area contributed by atoms with Gasteiger partial charge in [0.15, 0.2) is 0 Å². The summed E-state index contributed by atoms with van der Waals surface area (Å²) in [6.45, 7) is 4.07. The fraction of sp³-hybridized carbons (Fsp3) is 0.227. The highest BCUT2D eigenvalue weighted by atomic mass is 16.5. The van der Waals surface area contributed by atoms with Crippen LogP contribution in [0, 0.1) is 6.92 Å². The Hall–Kier alpha value is -3.61. The number of esters is 1. The summed E-state index contributed by atoms with van der Waals surface area (Å²) < 4.78 is 6.43. The summed E-state index contributed by atoms with van der Waals surface area (Å²) in [6.07, 6.45) is 2.31. The van der Waals surface area contributed by atoms with E-state index < -0.39 is 5.97 Å². The minimum atomic E-state index is -0.463. The van der Waals surface area contributed by atoms with Crippen LogP contribution in [-0.4, -0.2) is 28.5 Å². The zero-order valence-electron chi connectivity index (χ0n) is 16.6. The van der Waals surface area contributed by atoms with Gasteiger partial charge in [-0.25, -0.2) is 4.79 Å². The fourth-order valence-corrected chi connectivity index (χ4v) is 3.20. The van der Waals surface area contributed by atoms with Gasteiger partial charge in [-0.2, -0.15) is 0 Å². The SMILES string of the molecule is CCc1[nH]c(C(=O)Nc2ccc(Cn3ccccc3=O)cc2)c(C)c1C(=O)OC. The maximum absolute atomic E-state index is 12.7. The lowest BCUT2D eigenvalue weighted by atomic mass is 10.1. The Morgan fingerprint density at radius 3 is 2.48 bits per heavy atom. The van der Waals surface area contributed by atoms with E-state index in [4.69, 9.17) is 4.74 Å². The van der Waals surface area contributed by atoms with Crippen molar-refractivity contribution in [2.75, 3.05) is 12.4 Å². The number of amides is 1. The predicted octanol–water partition coefficient (Wildman–Crippen LogP) is 3.13. The molecule has 29 heavy (non-hydrogen) atoms. The molecule has 1 aromatic carbocycles. The Morgan fingerprint density at radius 1 is 1.14 bits per heavy atom. The molecule has 0 atom stereocenters. The number of ether oxygens (including phenoxy) is 1. The van der Waals surface area contributed by atoms with Crippen molar-refractivity contribution in [1.82, 2.24) is 9.55 Å². The number of carbonyl (C=O) groups excluding carboxylic acids is 2. The van der Waals surface area contributed by atoms with E-state index in [1.807, 2.05) is 25.1 Å². The van der Waals surface area contributed by atoms with Crippen LogP contribution in [0.25, 0.3) is 0 Å². The van der Waals surface area contributed by atoms with Crippen molar-refractivity contribution in [3.8, 4) is 0 Å². The van der Waals surface area contributed by atoms with Gasteiger partial charge in [0.2, 0.25) is 0 Å². The molecule has 0 unspecified atom stereocenters. The molecule has 0 fully saturated rings. The van der Waals surface area contributed by atoms with Crippen molar-refractivity contribution in [3.63, 3.8) is 0 Å². The van der Waals surface area contributed by atoms with Gasteiger partial charge in [-0.05, 0) is 42.7 Å². The molecule has 0 saturated carbocycles. The molecule has 0 aliphatic rings. The standard InChI is InChI=1S/C22H23N3O4/c1-4-17-19(22(28)29-3)14(2)20(24-17)21(27)23-16-10-8-15(9-11-16)13-25-12-6-5-7-18(25)26/h5-12,24H,4,13H2,1-3H3,(H,23,27). The van der Waals surface area contributed by atoms with Crippen LogP contribution in [0.5, 0.6) is 0 Å². The summed E-state index contributed by atoms with van der Waals surface area (Å²) >= 11 is 0. The molecule has 7 heteroatoms. The van der Waals surface area contributed by atoms with Gasteiger partial charge in [0.05, 0.1) is 19.2 Å². The monoisotopic (exact) mass is 393 g/mol. The average molecular weight is 393 g/mol. The van der Waals surface area contributed by atoms with Crippen LogP contribution in [-0.2, 0) is 17.7 Å². The molecule has 3 rings (SSSR count). The average Bonchev–Trinajstić information content (AvgIpc) is 3.07. The van der Waals surface area contributed by atoms with E-state index in [2.05, 4.69) is 10.3 Å². The molecule has 0 aliphatic carbocycles. The lowest BCUT2D eigenvalue weighted by Crippen LogP contribution is -2.18. The number of aromatic amines is 1. The minimum absolute atomic E-state index is 0.0692. The smallest absolute Gasteiger partial charge is 0.339 e. The van der Waals surface area contributed by atoms with E-state index in [0.717, 1.165) is 5.56 Å². The molecule has 0 bridgehead atoms. The maximum atomic E-state index is 12.7. The third-order valence-corrected chi connectivity index (χ3v) is 4.76. The molecule has 2 N–H and O–H groups in total. The van der Waals surface area contributed by atoms with E-state index in [1.165, 1.54) is 13.2 Å². The number of aromatic nitrogens is 2. The Balaban J connectivity index is 1.76. The molecule has 3 aromatic rings. The van der Waals surface area contributed by atoms with Gasteiger partial charge in [0, 0.05) is 23.6 Å². The second-order valence-corrected chi connectivity index (χ2v) is 6.64. The van der Waals surface area contributed by atoms with Crippen molar-refractivity contribution >= 4 is 17.6 Å². The van der Waals surface area contributed by atoms with Gasteiger partial charge in [-0.1, -0.05) is 25.1 Å². The van der Waals surface area contributed by atoms with Crippen molar-refractivity contribution < 1.29 is 14.3 Å². The fourth-order valence-electron chi connectivity index (χ4n) is 3.20. The van der Waals surface area contributed by atoms with E-state index in [9.17, 15) is 14.4 Å². The van der Waals surface area contributed by atoms with E-state index in [-0.39, 0.29) is 11.5 Å². The number of nitrogens with one attached hydrogen (secondary N) is 2. The van der Waals surface area contributed by atoms with Crippen molar-refractivity contribution in [1.29, 1.82) is 0 Å². The Labute approximate surface area is 168 Å². The second kappa shape index (κ2) is 8.60. The van der Waals surface area contributed by atoms with Crippen molar-refractivity contribution in [3.05, 3.63) is 87.1 Å². The van der Waals surface area contributed by atoms with Gasteiger partial charge in [0.25, 0.3) is 11.5 Å². The Morgan fingerprint density at radius 2 is 1.86 bits per heavy atom. The summed E-state index contributed by atoms with van der Waals surface area (Å²) in [7, 11) is 1.32. The van der Waals surface area contributed by atoms with Gasteiger partial charge < -0.3 is 19.6 Å². The zero-order chi connectivity index (χ0) is 21.0. The molecular formula is C22H23N3O4. The number of pyridine rings is 1. The summed E-state index contributed by atoms with van der Waals surface area (Å²) in [5.41, 5.74) is 3.46. The zero-order valence-corrected chi connectivity index (χ0v) is 16.6. The summed E-state index contributed by atoms with van der Waals surface area (Å²) in [5.74, 6) is -0.797. The molecule has 1 amide bonds. The molecule has 2 aromatic heterocycles. The summed E-state index contributed by atoms with van der Waals surface area (Å²) in [6, 6.07) is 12.3. The number of aryl methyl sites for hydroxylation is 1. The number of benzene rings is 1. The number of nitrogens with zero attached hydrogens (tertiary/aromatic N) is 1. The van der Waals surface area contributed by atoms with Gasteiger partial charge >= 0.3 is 5.97 Å². The van der Waals surface area contributed by atoms with E-state index in [1.54, 1.807) is 35.9 Å². The first-order valence-corrected chi connectivity index (χ1v) is 9.30. The highest BCUT2D eigenvalue weighted by Crippen LogP contribution is 2.21. The molecule has 150 valence electrons. The number of hydrogen-bond donors (Lipinski definition) is 2. The predicted molar refractivity (Wildman–Crippen MR) is 110 cm³/mol. The number of carbonyl (C=O) groups is 2. The third kappa shape index (κ3) is 4.29. The second-order valence-electron chi connectivity index (χ2n) is 6.64. The third-order valence-electron chi connectivity index (χ3n) is 4.76. The van der Waals surface area contributed by atoms with Crippen LogP contribution in [0.3, 0.4) is 0 Å². The molecule has 0 aliphatic heterocycles. The van der Waals surface area contributed by atoms with Crippen LogP contribution in [0.2, 0.25) is 0 Å². The number of methoxy groups -OCH3 is 1. The first-order valence-electron chi connectivity index (χ1n) is 9.30. The van der Waals surface area contributed by atoms with Crippen LogP contribution >= 0.6 is 0 Å². The quantitative estimate of drug-likeness (QED) is 0.629. The number of rotatable bonds is 6. The number of H-pyrrole nitrogens is 1. The van der Waals surface area contributed by atoms with Gasteiger partial charge in [-0.15, -0.1) is 0 Å². The molecule has 0 radical (unpaired) electrons. The molecular weight excluding hydrogens is 370 g/mol. The Kier molecular flexibility index (Phi) is 5.97. The highest BCUT2D eigenvalue weighted by Gasteiger charge is 2.23. The molecule has 0 saturated heterocycles. The van der Waals surface area contributed by atoms with Crippen LogP contribution in [0.4, 0.5) is 5.69 Å². The highest BCUT2D eigenvalue weighted by molar-refractivity contribution is 6.06. The van der Waals surface area contributed by atoms with Crippen molar-refractivity contribution in [2.24, 2.45) is 0 Å². The topological polar surface area (TPSA) is 93.2 Å². The summed E-state index contributed by atoms with van der Waals surface area (Å²) in [4.78, 5) is 39.6.